The number of carbonyl (C=O) groups excluding carboxylic acids is 1. The van der Waals surface area contributed by atoms with Crippen LogP contribution in [0.3, 0.4) is 0 Å². The van der Waals surface area contributed by atoms with Crippen LogP contribution in [0.4, 0.5) is 0 Å². The molecule has 0 aliphatic carbocycles. The second-order valence-corrected chi connectivity index (χ2v) is 4.79. The van der Waals surface area contributed by atoms with Crippen LogP contribution in [-0.4, -0.2) is 45.1 Å². The molecule has 0 bridgehead atoms. The van der Waals surface area contributed by atoms with Gasteiger partial charge in [-0.2, -0.15) is 0 Å². The van der Waals surface area contributed by atoms with Crippen molar-refractivity contribution in [2.75, 3.05) is 13.6 Å². The molecule has 0 aromatic carbocycles. The van der Waals surface area contributed by atoms with Crippen molar-refractivity contribution >= 4 is 11.9 Å². The topological polar surface area (TPSA) is 99.8 Å². The molecule has 1 rings (SSSR count). The molecule has 1 aromatic rings. The highest BCUT2D eigenvalue weighted by molar-refractivity contribution is 5.77. The van der Waals surface area contributed by atoms with Crippen molar-refractivity contribution in [2.24, 2.45) is 5.92 Å². The smallest absolute Gasteiger partial charge is 0.308 e. The second kappa shape index (κ2) is 6.23. The monoisotopic (exact) mass is 282 g/mol. The highest BCUT2D eigenvalue weighted by Crippen LogP contribution is 2.07. The van der Waals surface area contributed by atoms with Crippen molar-refractivity contribution in [3.63, 3.8) is 0 Å². The molecule has 2 N–H and O–H groups in total. The summed E-state index contributed by atoms with van der Waals surface area (Å²) in [4.78, 5) is 35.7. The summed E-state index contributed by atoms with van der Waals surface area (Å²) in [7, 11) is 1.49. The molecule has 0 saturated heterocycles. The lowest BCUT2D eigenvalue weighted by atomic mass is 10.2. The Bertz CT molecular complexity index is 579. The molecule has 20 heavy (non-hydrogen) atoms. The molecule has 0 spiro atoms. The minimum absolute atomic E-state index is 0.0695. The number of carboxylic acid groups (broad SMARTS) is 1. The summed E-state index contributed by atoms with van der Waals surface area (Å²) >= 11 is 0. The van der Waals surface area contributed by atoms with Gasteiger partial charge in [0.05, 0.1) is 5.92 Å². The SMILES string of the molecule is Cc1cc(O)cc(=O)n1CC(=O)N(C)CC(C)C(=O)O. The van der Waals surface area contributed by atoms with Crippen LogP contribution < -0.4 is 5.56 Å². The number of aromatic hydroxyl groups is 1. The van der Waals surface area contributed by atoms with Crippen molar-refractivity contribution in [2.45, 2.75) is 20.4 Å². The number of hydrogen-bond acceptors (Lipinski definition) is 4. The summed E-state index contributed by atoms with van der Waals surface area (Å²) in [5.74, 6) is -2.18. The van der Waals surface area contributed by atoms with Crippen molar-refractivity contribution < 1.29 is 19.8 Å². The summed E-state index contributed by atoms with van der Waals surface area (Å²) in [5.41, 5.74) is -0.0152. The van der Waals surface area contributed by atoms with Crippen molar-refractivity contribution in [3.05, 3.63) is 28.2 Å². The first-order chi connectivity index (χ1) is 9.22. The summed E-state index contributed by atoms with van der Waals surface area (Å²) in [5, 5.41) is 18.1. The molecule has 0 radical (unpaired) electrons. The van der Waals surface area contributed by atoms with Crippen molar-refractivity contribution in [1.82, 2.24) is 9.47 Å². The van der Waals surface area contributed by atoms with E-state index < -0.39 is 17.4 Å². The number of likely N-dealkylation sites (N-methyl/N-ethyl adjacent to an activating group) is 1. The Morgan fingerprint density at radius 2 is 2.00 bits per heavy atom. The lowest BCUT2D eigenvalue weighted by Crippen LogP contribution is -2.38. The van der Waals surface area contributed by atoms with Gasteiger partial charge in [0, 0.05) is 25.4 Å². The summed E-state index contributed by atoms with van der Waals surface area (Å²) in [6.07, 6.45) is 0. The third-order valence-electron chi connectivity index (χ3n) is 3.01. The van der Waals surface area contributed by atoms with Gasteiger partial charge in [-0.05, 0) is 13.0 Å². The van der Waals surface area contributed by atoms with Gasteiger partial charge in [0.15, 0.2) is 0 Å². The molecule has 7 heteroatoms. The van der Waals surface area contributed by atoms with Gasteiger partial charge in [0.25, 0.3) is 5.56 Å². The molecule has 0 aliphatic heterocycles. The normalized spacial score (nSPS) is 11.9. The summed E-state index contributed by atoms with van der Waals surface area (Å²) < 4.78 is 1.23. The Hall–Kier alpha value is -2.31. The fourth-order valence-electron chi connectivity index (χ4n) is 1.76. The Morgan fingerprint density at radius 1 is 1.40 bits per heavy atom. The number of amides is 1. The molecule has 0 aliphatic rings. The Morgan fingerprint density at radius 3 is 2.50 bits per heavy atom. The van der Waals surface area contributed by atoms with Gasteiger partial charge in [-0.1, -0.05) is 6.92 Å². The molecule has 1 amide bonds. The van der Waals surface area contributed by atoms with E-state index in [2.05, 4.69) is 0 Å². The Kier molecular flexibility index (Phi) is 4.90. The van der Waals surface area contributed by atoms with Crippen LogP contribution in [0, 0.1) is 12.8 Å². The quantitative estimate of drug-likeness (QED) is 0.794. The molecule has 1 unspecified atom stereocenters. The highest BCUT2D eigenvalue weighted by atomic mass is 16.4. The predicted octanol–water partition coefficient (Wildman–Crippen LogP) is 0.0414. The molecule has 0 fully saturated rings. The van der Waals surface area contributed by atoms with Gasteiger partial charge in [-0.3, -0.25) is 14.4 Å². The van der Waals surface area contributed by atoms with E-state index in [0.717, 1.165) is 6.07 Å². The van der Waals surface area contributed by atoms with Crippen LogP contribution >= 0.6 is 0 Å². The van der Waals surface area contributed by atoms with Crippen LogP contribution in [0.1, 0.15) is 12.6 Å². The molecule has 1 atom stereocenters. The van der Waals surface area contributed by atoms with Crippen LogP contribution in [0.25, 0.3) is 0 Å². The van der Waals surface area contributed by atoms with Crippen LogP contribution in [0.5, 0.6) is 5.75 Å². The van der Waals surface area contributed by atoms with E-state index in [1.165, 1.54) is 29.5 Å². The number of aromatic nitrogens is 1. The first-order valence-electron chi connectivity index (χ1n) is 6.09. The third-order valence-corrected chi connectivity index (χ3v) is 3.01. The van der Waals surface area contributed by atoms with Crippen LogP contribution in [0.2, 0.25) is 0 Å². The fraction of sp³-hybridized carbons (Fsp3) is 0.462. The summed E-state index contributed by atoms with van der Waals surface area (Å²) in [6.45, 7) is 2.99. The lowest BCUT2D eigenvalue weighted by molar-refractivity contribution is -0.142. The van der Waals surface area contributed by atoms with E-state index in [-0.39, 0.29) is 24.7 Å². The zero-order valence-corrected chi connectivity index (χ0v) is 11.7. The largest absolute Gasteiger partial charge is 0.508 e. The number of aryl methyl sites for hydroxylation is 1. The molecule has 110 valence electrons. The van der Waals surface area contributed by atoms with Gasteiger partial charge in [-0.15, -0.1) is 0 Å². The van der Waals surface area contributed by atoms with Gasteiger partial charge >= 0.3 is 5.97 Å². The Balaban J connectivity index is 2.81. The molecular weight excluding hydrogens is 264 g/mol. The average Bonchev–Trinajstić information content (AvgIpc) is 2.32. The highest BCUT2D eigenvalue weighted by Gasteiger charge is 2.18. The van der Waals surface area contributed by atoms with Crippen molar-refractivity contribution in [3.8, 4) is 5.75 Å². The molecular formula is C13H18N2O5. The van der Waals surface area contributed by atoms with E-state index in [1.807, 2.05) is 0 Å². The van der Waals surface area contributed by atoms with E-state index >= 15 is 0 Å². The van der Waals surface area contributed by atoms with Gasteiger partial charge in [-0.25, -0.2) is 0 Å². The Labute approximate surface area is 116 Å². The predicted molar refractivity (Wildman–Crippen MR) is 71.5 cm³/mol. The number of rotatable bonds is 5. The zero-order valence-electron chi connectivity index (χ0n) is 11.7. The van der Waals surface area contributed by atoms with Gasteiger partial charge in [0.2, 0.25) is 5.91 Å². The van der Waals surface area contributed by atoms with Gasteiger partial charge < -0.3 is 19.7 Å². The number of carbonyl (C=O) groups is 2. The van der Waals surface area contributed by atoms with Crippen LogP contribution in [0.15, 0.2) is 16.9 Å². The van der Waals surface area contributed by atoms with Crippen LogP contribution in [-0.2, 0) is 16.1 Å². The van der Waals surface area contributed by atoms with E-state index in [9.17, 15) is 19.5 Å². The number of nitrogens with zero attached hydrogens (tertiary/aromatic N) is 2. The molecule has 1 aromatic heterocycles. The standard InChI is InChI=1S/C13H18N2O5/c1-8(13(19)20)6-14(3)12(18)7-15-9(2)4-10(16)5-11(15)17/h4-5,8,16H,6-7H2,1-3H3,(H,19,20). The maximum Gasteiger partial charge on any atom is 0.308 e. The first-order valence-corrected chi connectivity index (χ1v) is 6.09. The lowest BCUT2D eigenvalue weighted by Gasteiger charge is -2.20. The minimum Gasteiger partial charge on any atom is -0.508 e. The van der Waals surface area contributed by atoms with E-state index in [0.29, 0.717) is 5.69 Å². The maximum atomic E-state index is 12.0. The number of pyridine rings is 1. The number of aliphatic carboxylic acids is 1. The molecule has 7 nitrogen and oxygen atoms in total. The maximum absolute atomic E-state index is 12.0. The fourth-order valence-corrected chi connectivity index (χ4v) is 1.76. The molecule has 1 heterocycles. The van der Waals surface area contributed by atoms with Crippen molar-refractivity contribution in [1.29, 1.82) is 0 Å². The zero-order chi connectivity index (χ0) is 15.4. The van der Waals surface area contributed by atoms with E-state index in [1.54, 1.807) is 6.92 Å². The van der Waals surface area contributed by atoms with Gasteiger partial charge in [0.1, 0.15) is 12.3 Å². The number of hydrogen-bond donors (Lipinski definition) is 2. The minimum atomic E-state index is -0.984. The summed E-state index contributed by atoms with van der Waals surface area (Å²) in [6, 6.07) is 2.41. The average molecular weight is 282 g/mol. The second-order valence-electron chi connectivity index (χ2n) is 4.79. The number of carboxylic acids is 1. The van der Waals surface area contributed by atoms with E-state index in [4.69, 9.17) is 5.11 Å². The first kappa shape index (κ1) is 15.7. The molecule has 0 saturated carbocycles. The third kappa shape index (κ3) is 3.84.